The maximum atomic E-state index is 11.9. The molecule has 2 bridgehead atoms. The fraction of sp³-hybridized carbons (Fsp3) is 0.933. The zero-order valence-electron chi connectivity index (χ0n) is 11.4. The molecule has 0 radical (unpaired) electrons. The summed E-state index contributed by atoms with van der Waals surface area (Å²) in [6.45, 7) is 5.29. The Hall–Kier alpha value is -0.530. The van der Waals surface area contributed by atoms with Crippen LogP contribution in [-0.4, -0.2) is 12.5 Å². The Kier molecular flexibility index (Phi) is 4.47. The SMILES string of the molecule is CCC(CC)CNC(=O)CC1CC2CCC1C2. The summed E-state index contributed by atoms with van der Waals surface area (Å²) >= 11 is 0. The summed E-state index contributed by atoms with van der Waals surface area (Å²) in [6, 6.07) is 0. The van der Waals surface area contributed by atoms with E-state index in [9.17, 15) is 4.79 Å². The highest BCUT2D eigenvalue weighted by molar-refractivity contribution is 5.76. The minimum atomic E-state index is 0.300. The topological polar surface area (TPSA) is 29.1 Å². The molecule has 2 heteroatoms. The number of hydrogen-bond donors (Lipinski definition) is 1. The Labute approximate surface area is 106 Å². The molecule has 0 saturated heterocycles. The van der Waals surface area contributed by atoms with Gasteiger partial charge in [0.2, 0.25) is 5.91 Å². The lowest BCUT2D eigenvalue weighted by molar-refractivity contribution is -0.122. The van der Waals surface area contributed by atoms with Crippen molar-refractivity contribution in [1.29, 1.82) is 0 Å². The van der Waals surface area contributed by atoms with Gasteiger partial charge >= 0.3 is 0 Å². The second-order valence-electron chi connectivity index (χ2n) is 6.13. The van der Waals surface area contributed by atoms with Gasteiger partial charge in [-0.05, 0) is 42.9 Å². The number of nitrogens with one attached hydrogen (secondary N) is 1. The lowest BCUT2D eigenvalue weighted by Crippen LogP contribution is -2.31. The molecule has 0 spiro atoms. The van der Waals surface area contributed by atoms with E-state index >= 15 is 0 Å². The van der Waals surface area contributed by atoms with Crippen LogP contribution in [0.1, 0.15) is 58.8 Å². The van der Waals surface area contributed by atoms with E-state index in [2.05, 4.69) is 19.2 Å². The minimum absolute atomic E-state index is 0.300. The highest BCUT2D eigenvalue weighted by Crippen LogP contribution is 2.49. The Bertz CT molecular complexity index is 260. The van der Waals surface area contributed by atoms with Crippen LogP contribution in [0.2, 0.25) is 0 Å². The molecule has 2 aliphatic rings. The van der Waals surface area contributed by atoms with Gasteiger partial charge in [-0.2, -0.15) is 0 Å². The molecule has 0 aromatic heterocycles. The molecule has 98 valence electrons. The smallest absolute Gasteiger partial charge is 0.220 e. The molecule has 0 heterocycles. The molecule has 1 N–H and O–H groups in total. The van der Waals surface area contributed by atoms with Crippen molar-refractivity contribution >= 4 is 5.91 Å². The largest absolute Gasteiger partial charge is 0.356 e. The van der Waals surface area contributed by atoms with Crippen LogP contribution in [0.3, 0.4) is 0 Å². The molecule has 3 unspecified atom stereocenters. The Morgan fingerprint density at radius 3 is 2.53 bits per heavy atom. The zero-order valence-corrected chi connectivity index (χ0v) is 11.4. The molecule has 17 heavy (non-hydrogen) atoms. The van der Waals surface area contributed by atoms with Gasteiger partial charge in [-0.25, -0.2) is 0 Å². The van der Waals surface area contributed by atoms with Gasteiger partial charge in [0.15, 0.2) is 0 Å². The van der Waals surface area contributed by atoms with Crippen molar-refractivity contribution in [2.24, 2.45) is 23.7 Å². The zero-order chi connectivity index (χ0) is 12.3. The summed E-state index contributed by atoms with van der Waals surface area (Å²) in [5.74, 6) is 3.50. The van der Waals surface area contributed by atoms with Crippen LogP contribution < -0.4 is 5.32 Å². The van der Waals surface area contributed by atoms with Crippen molar-refractivity contribution in [3.63, 3.8) is 0 Å². The maximum absolute atomic E-state index is 11.9. The molecule has 0 aliphatic heterocycles. The van der Waals surface area contributed by atoms with E-state index in [0.29, 0.717) is 17.7 Å². The van der Waals surface area contributed by atoms with Crippen LogP contribution in [0, 0.1) is 23.7 Å². The molecule has 0 aromatic carbocycles. The Morgan fingerprint density at radius 2 is 2.00 bits per heavy atom. The molecule has 2 saturated carbocycles. The fourth-order valence-corrected chi connectivity index (χ4v) is 3.77. The molecular formula is C15H27NO. The number of carbonyl (C=O) groups is 1. The second-order valence-corrected chi connectivity index (χ2v) is 6.13. The number of fused-ring (bicyclic) bond motifs is 2. The van der Waals surface area contributed by atoms with Crippen molar-refractivity contribution < 1.29 is 4.79 Å². The monoisotopic (exact) mass is 237 g/mol. The first-order valence-electron chi connectivity index (χ1n) is 7.49. The minimum Gasteiger partial charge on any atom is -0.356 e. The van der Waals surface area contributed by atoms with E-state index in [4.69, 9.17) is 0 Å². The van der Waals surface area contributed by atoms with Gasteiger partial charge in [-0.1, -0.05) is 33.1 Å². The van der Waals surface area contributed by atoms with Crippen LogP contribution >= 0.6 is 0 Å². The first-order chi connectivity index (χ1) is 8.22. The standard InChI is InChI=1S/C15H27NO/c1-3-11(4-2)10-16-15(17)9-14-8-12-5-6-13(14)7-12/h11-14H,3-10H2,1-2H3,(H,16,17). The van der Waals surface area contributed by atoms with E-state index in [1.165, 1.54) is 38.5 Å². The van der Waals surface area contributed by atoms with Crippen molar-refractivity contribution in [3.05, 3.63) is 0 Å². The predicted octanol–water partition coefficient (Wildman–Crippen LogP) is 3.37. The maximum Gasteiger partial charge on any atom is 0.220 e. The van der Waals surface area contributed by atoms with Crippen molar-refractivity contribution in [2.75, 3.05) is 6.54 Å². The van der Waals surface area contributed by atoms with Crippen LogP contribution in [0.15, 0.2) is 0 Å². The van der Waals surface area contributed by atoms with Gasteiger partial charge < -0.3 is 5.32 Å². The van der Waals surface area contributed by atoms with Crippen LogP contribution in [0.25, 0.3) is 0 Å². The lowest BCUT2D eigenvalue weighted by atomic mass is 9.86. The van der Waals surface area contributed by atoms with Gasteiger partial charge in [0.05, 0.1) is 0 Å². The lowest BCUT2D eigenvalue weighted by Gasteiger charge is -2.21. The Morgan fingerprint density at radius 1 is 1.24 bits per heavy atom. The summed E-state index contributed by atoms with van der Waals surface area (Å²) in [4.78, 5) is 11.9. The average molecular weight is 237 g/mol. The molecule has 3 atom stereocenters. The van der Waals surface area contributed by atoms with Crippen molar-refractivity contribution in [3.8, 4) is 0 Å². The highest BCUT2D eigenvalue weighted by atomic mass is 16.1. The van der Waals surface area contributed by atoms with E-state index in [-0.39, 0.29) is 0 Å². The normalized spacial score (nSPS) is 31.1. The van der Waals surface area contributed by atoms with Crippen molar-refractivity contribution in [2.45, 2.75) is 58.8 Å². The summed E-state index contributed by atoms with van der Waals surface area (Å²) in [5.41, 5.74) is 0. The Balaban J connectivity index is 1.67. The first kappa shape index (κ1) is 12.9. The quantitative estimate of drug-likeness (QED) is 0.754. The van der Waals surface area contributed by atoms with Crippen LogP contribution in [0.5, 0.6) is 0 Å². The van der Waals surface area contributed by atoms with Gasteiger partial charge in [0, 0.05) is 13.0 Å². The van der Waals surface area contributed by atoms with Crippen LogP contribution in [0.4, 0.5) is 0 Å². The molecule has 1 amide bonds. The van der Waals surface area contributed by atoms with Crippen molar-refractivity contribution in [1.82, 2.24) is 5.32 Å². The molecule has 2 rings (SSSR count). The van der Waals surface area contributed by atoms with Gasteiger partial charge in [-0.15, -0.1) is 0 Å². The third-order valence-corrected chi connectivity index (χ3v) is 5.07. The van der Waals surface area contributed by atoms with Gasteiger partial charge in [-0.3, -0.25) is 4.79 Å². The predicted molar refractivity (Wildman–Crippen MR) is 70.6 cm³/mol. The molecule has 2 aliphatic carbocycles. The number of hydrogen-bond acceptors (Lipinski definition) is 1. The third-order valence-electron chi connectivity index (χ3n) is 5.07. The van der Waals surface area contributed by atoms with E-state index in [1.54, 1.807) is 0 Å². The van der Waals surface area contributed by atoms with E-state index < -0.39 is 0 Å². The molecule has 0 aromatic rings. The first-order valence-corrected chi connectivity index (χ1v) is 7.49. The molecular weight excluding hydrogens is 210 g/mol. The summed E-state index contributed by atoms with van der Waals surface area (Å²) in [6.07, 6.45) is 8.68. The van der Waals surface area contributed by atoms with E-state index in [1.807, 2.05) is 0 Å². The number of rotatable bonds is 6. The van der Waals surface area contributed by atoms with Gasteiger partial charge in [0.1, 0.15) is 0 Å². The highest BCUT2D eigenvalue weighted by Gasteiger charge is 2.39. The van der Waals surface area contributed by atoms with Crippen LogP contribution in [-0.2, 0) is 4.79 Å². The summed E-state index contributed by atoms with van der Waals surface area (Å²) in [7, 11) is 0. The summed E-state index contributed by atoms with van der Waals surface area (Å²) in [5, 5.41) is 3.13. The van der Waals surface area contributed by atoms with E-state index in [0.717, 1.165) is 24.8 Å². The second kappa shape index (κ2) is 5.88. The third kappa shape index (κ3) is 3.23. The van der Waals surface area contributed by atoms with Gasteiger partial charge in [0.25, 0.3) is 0 Å². The number of amides is 1. The molecule has 2 nitrogen and oxygen atoms in total. The summed E-state index contributed by atoms with van der Waals surface area (Å²) < 4.78 is 0. The number of carbonyl (C=O) groups excluding carboxylic acids is 1. The molecule has 2 fully saturated rings. The fourth-order valence-electron chi connectivity index (χ4n) is 3.77. The average Bonchev–Trinajstić information content (AvgIpc) is 2.92.